The zero-order valence-corrected chi connectivity index (χ0v) is 13.7. The molecule has 0 aliphatic heterocycles. The molecule has 0 N–H and O–H groups in total. The molecule has 0 aromatic carbocycles. The maximum absolute atomic E-state index is 2.94. The fourth-order valence-electron chi connectivity index (χ4n) is 2.67. The van der Waals surface area contributed by atoms with Gasteiger partial charge in [0.1, 0.15) is 0 Å². The molecule has 1 atom stereocenters. The monoisotopic (exact) mass is 229 g/mol. The molecular formula is C11H27NSi2. The maximum Gasteiger partial charge on any atom is 0.0923 e. The molecule has 3 heteroatoms. The van der Waals surface area contributed by atoms with Crippen molar-refractivity contribution in [1.29, 1.82) is 0 Å². The van der Waals surface area contributed by atoms with Gasteiger partial charge in [-0.1, -0.05) is 38.8 Å². The van der Waals surface area contributed by atoms with E-state index in [1.54, 1.807) is 5.67 Å². The Hall–Kier alpha value is 0.394. The third kappa shape index (κ3) is 3.52. The summed E-state index contributed by atoms with van der Waals surface area (Å²) in [5.41, 5.74) is 1.58. The smallest absolute Gasteiger partial charge is 0.0923 e. The highest BCUT2D eigenvalue weighted by molar-refractivity contribution is 6.44. The third-order valence-electron chi connectivity index (χ3n) is 3.68. The van der Waals surface area contributed by atoms with E-state index in [-0.39, 0.29) is 9.68 Å². The van der Waals surface area contributed by atoms with Gasteiger partial charge in [-0.25, -0.2) is 0 Å². The van der Waals surface area contributed by atoms with Crippen LogP contribution in [0, 0.1) is 0 Å². The summed E-state index contributed by atoms with van der Waals surface area (Å²) >= 11 is 0. The Kier molecular flexibility index (Phi) is 6.05. The molecule has 0 heterocycles. The molecule has 0 spiro atoms. The van der Waals surface area contributed by atoms with Crippen molar-refractivity contribution < 1.29 is 0 Å². The van der Waals surface area contributed by atoms with Crippen LogP contribution in [0.1, 0.15) is 52.4 Å². The Balaban J connectivity index is 2.46. The Bertz CT molecular complexity index is 146. The number of nitrogens with zero attached hydrogens (tertiary/aromatic N) is 1. The van der Waals surface area contributed by atoms with Crippen LogP contribution in [0.3, 0.4) is 0 Å². The van der Waals surface area contributed by atoms with Crippen LogP contribution in [0.25, 0.3) is 0 Å². The summed E-state index contributed by atoms with van der Waals surface area (Å²) in [6, 6.07) is 1.86. The highest BCUT2D eigenvalue weighted by Gasteiger charge is 2.23. The normalized spacial score (nSPS) is 22.5. The molecule has 14 heavy (non-hydrogen) atoms. The summed E-state index contributed by atoms with van der Waals surface area (Å²) in [6.45, 7) is 4.79. The molecule has 0 aromatic rings. The lowest BCUT2D eigenvalue weighted by Gasteiger charge is -2.38. The van der Waals surface area contributed by atoms with Gasteiger partial charge in [0.2, 0.25) is 0 Å². The minimum absolute atomic E-state index is 0.127. The van der Waals surface area contributed by atoms with Crippen LogP contribution in [-0.2, 0) is 0 Å². The van der Waals surface area contributed by atoms with Crippen molar-refractivity contribution in [3.8, 4) is 0 Å². The minimum atomic E-state index is 0.127. The minimum Gasteiger partial charge on any atom is -0.324 e. The van der Waals surface area contributed by atoms with E-state index in [1.165, 1.54) is 48.8 Å². The molecule has 1 unspecified atom stereocenters. The van der Waals surface area contributed by atoms with E-state index in [0.717, 1.165) is 12.1 Å². The van der Waals surface area contributed by atoms with E-state index in [0.29, 0.717) is 0 Å². The van der Waals surface area contributed by atoms with Gasteiger partial charge < -0.3 is 4.57 Å². The molecular weight excluding hydrogens is 202 g/mol. The second kappa shape index (κ2) is 6.80. The van der Waals surface area contributed by atoms with Crippen LogP contribution in [0.5, 0.6) is 0 Å². The maximum atomic E-state index is 2.94. The van der Waals surface area contributed by atoms with E-state index < -0.39 is 0 Å². The van der Waals surface area contributed by atoms with Crippen molar-refractivity contribution >= 4 is 19.9 Å². The van der Waals surface area contributed by atoms with Crippen molar-refractivity contribution in [2.45, 2.75) is 70.1 Å². The van der Waals surface area contributed by atoms with E-state index >= 15 is 0 Å². The SMILES string of the molecule is CCC(C)N([SiH2]C[SiH3])C1CCCCC1. The molecule has 1 fully saturated rings. The van der Waals surface area contributed by atoms with Crippen molar-refractivity contribution in [3.63, 3.8) is 0 Å². The van der Waals surface area contributed by atoms with Gasteiger partial charge in [0.25, 0.3) is 0 Å². The summed E-state index contributed by atoms with van der Waals surface area (Å²) in [5, 5.41) is 0. The van der Waals surface area contributed by atoms with E-state index in [1.807, 2.05) is 0 Å². The van der Waals surface area contributed by atoms with Gasteiger partial charge in [0.05, 0.1) is 9.68 Å². The zero-order chi connectivity index (χ0) is 10.4. The van der Waals surface area contributed by atoms with Gasteiger partial charge in [-0.15, -0.1) is 0 Å². The molecule has 0 bridgehead atoms. The first kappa shape index (κ1) is 12.5. The van der Waals surface area contributed by atoms with Crippen LogP contribution >= 0.6 is 0 Å². The third-order valence-corrected chi connectivity index (χ3v) is 7.13. The first-order valence-electron chi connectivity index (χ1n) is 6.55. The van der Waals surface area contributed by atoms with Crippen LogP contribution in [0.15, 0.2) is 0 Å². The highest BCUT2D eigenvalue weighted by atomic mass is 28.3. The first-order valence-corrected chi connectivity index (χ1v) is 9.60. The number of hydrogen-bond acceptors (Lipinski definition) is 1. The summed E-state index contributed by atoms with van der Waals surface area (Å²) in [5.74, 6) is 0. The van der Waals surface area contributed by atoms with Gasteiger partial charge in [-0.2, -0.15) is 0 Å². The van der Waals surface area contributed by atoms with Crippen molar-refractivity contribution in [1.82, 2.24) is 4.57 Å². The van der Waals surface area contributed by atoms with E-state index in [9.17, 15) is 0 Å². The Morgan fingerprint density at radius 2 is 2.00 bits per heavy atom. The standard InChI is InChI=1S/C11H27NSi2/c1-3-10(2)12(14-9-13)11-7-5-4-6-8-11/h10-11H,3-9,14H2,1-2,13H3. The average Bonchev–Trinajstić information content (AvgIpc) is 2.26. The van der Waals surface area contributed by atoms with Crippen LogP contribution < -0.4 is 0 Å². The zero-order valence-electron chi connectivity index (χ0n) is 10.3. The lowest BCUT2D eigenvalue weighted by Crippen LogP contribution is -2.45. The average molecular weight is 230 g/mol. The number of rotatable bonds is 5. The second-order valence-corrected chi connectivity index (χ2v) is 9.96. The molecule has 0 aromatic heterocycles. The molecule has 0 radical (unpaired) electrons. The largest absolute Gasteiger partial charge is 0.324 e. The van der Waals surface area contributed by atoms with Crippen LogP contribution in [0.2, 0.25) is 5.67 Å². The lowest BCUT2D eigenvalue weighted by atomic mass is 9.95. The Morgan fingerprint density at radius 3 is 2.50 bits per heavy atom. The molecule has 0 amide bonds. The van der Waals surface area contributed by atoms with Crippen LogP contribution in [-0.4, -0.2) is 36.6 Å². The fourth-order valence-corrected chi connectivity index (χ4v) is 6.16. The molecule has 0 saturated heterocycles. The van der Waals surface area contributed by atoms with Crippen molar-refractivity contribution in [2.24, 2.45) is 0 Å². The fraction of sp³-hybridized carbons (Fsp3) is 1.00. The predicted octanol–water partition coefficient (Wildman–Crippen LogP) is 1.24. The van der Waals surface area contributed by atoms with Gasteiger partial charge in [0, 0.05) is 16.3 Å². The molecule has 84 valence electrons. The van der Waals surface area contributed by atoms with Crippen LogP contribution in [0.4, 0.5) is 0 Å². The van der Waals surface area contributed by atoms with E-state index in [2.05, 4.69) is 18.4 Å². The Labute approximate surface area is 95.0 Å². The first-order chi connectivity index (χ1) is 6.79. The molecule has 1 rings (SSSR count). The summed E-state index contributed by atoms with van der Waals surface area (Å²) < 4.78 is 2.94. The number of hydrogen-bond donors (Lipinski definition) is 0. The Morgan fingerprint density at radius 1 is 1.36 bits per heavy atom. The van der Waals surface area contributed by atoms with Crippen molar-refractivity contribution in [2.75, 3.05) is 0 Å². The van der Waals surface area contributed by atoms with Gasteiger partial charge >= 0.3 is 0 Å². The van der Waals surface area contributed by atoms with E-state index in [4.69, 9.17) is 0 Å². The summed E-state index contributed by atoms with van der Waals surface area (Å²) in [4.78, 5) is 0. The quantitative estimate of drug-likeness (QED) is 0.641. The lowest BCUT2D eigenvalue weighted by molar-refractivity contribution is 0.210. The summed E-state index contributed by atoms with van der Waals surface area (Å²) in [7, 11) is 1.55. The molecule has 1 aliphatic carbocycles. The molecule has 1 nitrogen and oxygen atoms in total. The summed E-state index contributed by atoms with van der Waals surface area (Å²) in [6.07, 6.45) is 8.83. The predicted molar refractivity (Wildman–Crippen MR) is 71.8 cm³/mol. The topological polar surface area (TPSA) is 3.24 Å². The highest BCUT2D eigenvalue weighted by Crippen LogP contribution is 2.24. The van der Waals surface area contributed by atoms with Gasteiger partial charge in [0.15, 0.2) is 0 Å². The van der Waals surface area contributed by atoms with Gasteiger partial charge in [-0.05, 0) is 25.3 Å². The molecule has 1 saturated carbocycles. The van der Waals surface area contributed by atoms with Gasteiger partial charge in [-0.3, -0.25) is 0 Å². The molecule has 1 aliphatic rings. The second-order valence-electron chi connectivity index (χ2n) is 4.79. The van der Waals surface area contributed by atoms with Crippen molar-refractivity contribution in [3.05, 3.63) is 0 Å².